The molecule has 1 atom stereocenters. The summed E-state index contributed by atoms with van der Waals surface area (Å²) in [5.74, 6) is -1.88. The lowest BCUT2D eigenvalue weighted by Crippen LogP contribution is -2.44. The van der Waals surface area contributed by atoms with Crippen molar-refractivity contribution in [3.63, 3.8) is 0 Å². The highest BCUT2D eigenvalue weighted by atomic mass is 35.5. The molecule has 0 saturated carbocycles. The van der Waals surface area contributed by atoms with Gasteiger partial charge in [0.25, 0.3) is 10.0 Å². The number of anilines is 2. The highest BCUT2D eigenvalue weighted by Gasteiger charge is 2.51. The second-order valence-corrected chi connectivity index (χ2v) is 11.2. The molecule has 0 spiro atoms. The largest absolute Gasteiger partial charge is 0.486 e. The molecule has 2 N–H and O–H groups in total. The van der Waals surface area contributed by atoms with Crippen LogP contribution in [0.4, 0.5) is 33.7 Å². The third-order valence-corrected chi connectivity index (χ3v) is 7.87. The van der Waals surface area contributed by atoms with Gasteiger partial charge in [-0.05, 0) is 63.1 Å². The van der Waals surface area contributed by atoms with Crippen LogP contribution in [0.25, 0.3) is 0 Å². The van der Waals surface area contributed by atoms with Crippen LogP contribution in [0.1, 0.15) is 32.3 Å². The molecule has 208 valence electrons. The molecule has 38 heavy (non-hydrogen) atoms. The molecule has 9 nitrogen and oxygen atoms in total. The van der Waals surface area contributed by atoms with Crippen molar-refractivity contribution >= 4 is 45.1 Å². The number of hydrogen-bond acceptors (Lipinski definition) is 6. The fraction of sp³-hybridized carbons (Fsp3) is 0.391. The van der Waals surface area contributed by atoms with Crippen LogP contribution >= 0.6 is 11.6 Å². The number of amides is 1. The number of alkyl halides is 3. The summed E-state index contributed by atoms with van der Waals surface area (Å²) in [6.07, 6.45) is -7.59. The lowest BCUT2D eigenvalue weighted by Gasteiger charge is -2.36. The maximum absolute atomic E-state index is 13.9. The van der Waals surface area contributed by atoms with Crippen molar-refractivity contribution in [2.75, 3.05) is 16.2 Å². The zero-order valence-corrected chi connectivity index (χ0v) is 21.8. The average molecular weight is 583 g/mol. The molecule has 1 aliphatic heterocycles. The fourth-order valence-corrected chi connectivity index (χ4v) is 5.51. The first-order chi connectivity index (χ1) is 17.4. The number of aryl methyl sites for hydroxylation is 1. The molecule has 0 radical (unpaired) electrons. The summed E-state index contributed by atoms with van der Waals surface area (Å²) in [6.45, 7) is 2.29. The minimum absolute atomic E-state index is 0.00525. The zero-order valence-electron chi connectivity index (χ0n) is 20.2. The van der Waals surface area contributed by atoms with Gasteiger partial charge in [-0.1, -0.05) is 11.6 Å². The van der Waals surface area contributed by atoms with Gasteiger partial charge in [0.15, 0.2) is 0 Å². The number of ether oxygens (including phenoxy) is 2. The average Bonchev–Trinajstić information content (AvgIpc) is 2.78. The van der Waals surface area contributed by atoms with E-state index in [1.807, 2.05) is 0 Å². The van der Waals surface area contributed by atoms with Gasteiger partial charge in [0.05, 0.1) is 17.3 Å². The Hall–Kier alpha value is -3.26. The van der Waals surface area contributed by atoms with Crippen LogP contribution in [0.5, 0.6) is 5.75 Å². The Balaban J connectivity index is 2.01. The summed E-state index contributed by atoms with van der Waals surface area (Å²) in [6, 6.07) is 5.50. The van der Waals surface area contributed by atoms with Crippen molar-refractivity contribution in [2.45, 2.75) is 56.4 Å². The number of nitrogens with one attached hydrogen (secondary N) is 1. The molecule has 0 saturated heterocycles. The van der Waals surface area contributed by atoms with Crippen molar-refractivity contribution in [1.29, 1.82) is 0 Å². The third kappa shape index (κ3) is 6.23. The topological polar surface area (TPSA) is 122 Å². The van der Waals surface area contributed by atoms with E-state index in [9.17, 15) is 35.6 Å². The number of hydrogen-bond donors (Lipinski definition) is 2. The Morgan fingerprint density at radius 3 is 2.50 bits per heavy atom. The van der Waals surface area contributed by atoms with E-state index in [1.54, 1.807) is 0 Å². The molecule has 15 heteroatoms. The second-order valence-electron chi connectivity index (χ2n) is 8.95. The number of nitrogens with zero attached hydrogens (tertiary/aromatic N) is 1. The maximum atomic E-state index is 13.9. The molecular formula is C23H23ClF4N2O7S. The van der Waals surface area contributed by atoms with Gasteiger partial charge in [-0.15, -0.1) is 0 Å². The van der Waals surface area contributed by atoms with Gasteiger partial charge in [-0.2, -0.15) is 13.2 Å². The van der Waals surface area contributed by atoms with E-state index in [-0.39, 0.29) is 42.1 Å². The minimum atomic E-state index is -4.85. The molecule has 0 bridgehead atoms. The van der Waals surface area contributed by atoms with Crippen molar-refractivity contribution in [1.82, 2.24) is 0 Å². The first-order valence-corrected chi connectivity index (χ1v) is 12.8. The van der Waals surface area contributed by atoms with E-state index in [2.05, 4.69) is 10.1 Å². The zero-order chi connectivity index (χ0) is 28.6. The van der Waals surface area contributed by atoms with Crippen LogP contribution in [0.2, 0.25) is 5.02 Å². The van der Waals surface area contributed by atoms with Gasteiger partial charge in [-0.3, -0.25) is 14.4 Å². The van der Waals surface area contributed by atoms with Crippen molar-refractivity contribution in [3.05, 3.63) is 46.7 Å². The van der Waals surface area contributed by atoms with Crippen LogP contribution in [-0.2, 0) is 19.6 Å². The van der Waals surface area contributed by atoms with Crippen molar-refractivity contribution in [3.8, 4) is 5.75 Å². The highest BCUT2D eigenvalue weighted by molar-refractivity contribution is 7.93. The first kappa shape index (κ1) is 29.3. The lowest BCUT2D eigenvalue weighted by atomic mass is 10.1. The number of benzene rings is 2. The lowest BCUT2D eigenvalue weighted by molar-refractivity contribution is -0.242. The van der Waals surface area contributed by atoms with Gasteiger partial charge in [-0.25, -0.2) is 17.6 Å². The second kappa shape index (κ2) is 10.5. The number of carbonyl (C=O) groups excluding carboxylic acids is 1. The monoisotopic (exact) mass is 582 g/mol. The normalized spacial score (nSPS) is 15.9. The Morgan fingerprint density at radius 2 is 1.89 bits per heavy atom. The van der Waals surface area contributed by atoms with E-state index in [0.717, 1.165) is 22.5 Å². The molecule has 2 aromatic rings. The SMILES string of the molecule is Cc1cc(S(=O)(=O)N2C[C@H](CCC(=O)O)Oc3ccc(NC(=O)OC(C)(C)C(F)(F)F)cc32)c(Cl)cc1F. The van der Waals surface area contributed by atoms with E-state index in [1.165, 1.54) is 19.1 Å². The van der Waals surface area contributed by atoms with Gasteiger partial charge in [0.2, 0.25) is 5.60 Å². The highest BCUT2D eigenvalue weighted by Crippen LogP contribution is 2.41. The predicted octanol–water partition coefficient (Wildman–Crippen LogP) is 5.50. The number of rotatable bonds is 7. The van der Waals surface area contributed by atoms with Crippen LogP contribution in [0, 0.1) is 12.7 Å². The quantitative estimate of drug-likeness (QED) is 0.413. The number of carboxylic acid groups (broad SMARTS) is 1. The summed E-state index contributed by atoms with van der Waals surface area (Å²) in [5.41, 5.74) is -3.06. The van der Waals surface area contributed by atoms with E-state index >= 15 is 0 Å². The Kier molecular flexibility index (Phi) is 8.08. The summed E-state index contributed by atoms with van der Waals surface area (Å²) in [7, 11) is -4.50. The molecule has 0 aliphatic carbocycles. The number of carbonyl (C=O) groups is 2. The van der Waals surface area contributed by atoms with Crippen LogP contribution in [-0.4, -0.2) is 50.0 Å². The molecule has 1 heterocycles. The maximum Gasteiger partial charge on any atom is 0.427 e. The minimum Gasteiger partial charge on any atom is -0.486 e. The third-order valence-electron chi connectivity index (χ3n) is 5.63. The van der Waals surface area contributed by atoms with Crippen molar-refractivity contribution in [2.24, 2.45) is 0 Å². The van der Waals surface area contributed by atoms with Crippen LogP contribution < -0.4 is 14.4 Å². The molecular weight excluding hydrogens is 560 g/mol. The molecule has 1 aliphatic rings. The van der Waals surface area contributed by atoms with E-state index in [0.29, 0.717) is 13.8 Å². The van der Waals surface area contributed by atoms with Gasteiger partial charge >= 0.3 is 18.2 Å². The molecule has 3 rings (SSSR count). The smallest absolute Gasteiger partial charge is 0.427 e. The number of sulfonamides is 1. The van der Waals surface area contributed by atoms with Crippen LogP contribution in [0.3, 0.4) is 0 Å². The number of fused-ring (bicyclic) bond motifs is 1. The standard InChI is InChI=1S/C23H23ClF4N2O7S/c1-12-8-19(15(24)10-16(12)25)38(34,35)30-11-14(5-7-20(31)32)36-18-6-4-13(9-17(18)30)29-21(33)37-22(2,3)23(26,27)28/h4,6,8-10,14H,5,7,11H2,1-3H3,(H,29,33)(H,31,32)/t14-/m0/s1. The number of aliphatic carboxylic acids is 1. The summed E-state index contributed by atoms with van der Waals surface area (Å²) in [4.78, 5) is 22.8. The van der Waals surface area contributed by atoms with E-state index in [4.69, 9.17) is 21.4 Å². The van der Waals surface area contributed by atoms with Crippen molar-refractivity contribution < 1.29 is 50.1 Å². The summed E-state index contributed by atoms with van der Waals surface area (Å²) < 4.78 is 91.6. The van der Waals surface area contributed by atoms with Gasteiger partial charge < -0.3 is 14.6 Å². The van der Waals surface area contributed by atoms with Gasteiger partial charge in [0, 0.05) is 12.1 Å². The van der Waals surface area contributed by atoms with E-state index < -0.39 is 55.7 Å². The number of carboxylic acids is 1. The Labute approximate surface area is 220 Å². The van der Waals surface area contributed by atoms with Crippen LogP contribution in [0.15, 0.2) is 35.2 Å². The fourth-order valence-electron chi connectivity index (χ4n) is 3.43. The summed E-state index contributed by atoms with van der Waals surface area (Å²) in [5, 5.41) is 10.7. The van der Waals surface area contributed by atoms with Gasteiger partial charge in [0.1, 0.15) is 22.6 Å². The summed E-state index contributed by atoms with van der Waals surface area (Å²) >= 11 is 6.05. The number of halogens is 5. The Bertz CT molecular complexity index is 1370. The first-order valence-electron chi connectivity index (χ1n) is 11.0. The predicted molar refractivity (Wildman–Crippen MR) is 129 cm³/mol. The molecule has 0 fully saturated rings. The Morgan fingerprint density at radius 1 is 1.24 bits per heavy atom. The molecule has 0 aromatic heterocycles. The molecule has 2 aromatic carbocycles. The molecule has 0 unspecified atom stereocenters. The molecule has 1 amide bonds.